The molecule has 0 saturated heterocycles. The first kappa shape index (κ1) is 16.9. The minimum absolute atomic E-state index is 0.283. The van der Waals surface area contributed by atoms with E-state index in [1.54, 1.807) is 48.7 Å². The highest BCUT2D eigenvalue weighted by Gasteiger charge is 2.16. The molecule has 0 aliphatic carbocycles. The summed E-state index contributed by atoms with van der Waals surface area (Å²) in [6.45, 7) is 0. The number of carbonyl (C=O) groups is 1. The number of nitrogens with one attached hydrogen (secondary N) is 1. The van der Waals surface area contributed by atoms with E-state index < -0.39 is 0 Å². The fourth-order valence-electron chi connectivity index (χ4n) is 2.53. The third-order valence-electron chi connectivity index (χ3n) is 3.81. The summed E-state index contributed by atoms with van der Waals surface area (Å²) in [5.74, 6) is 0.383. The van der Waals surface area contributed by atoms with E-state index in [0.717, 1.165) is 0 Å². The van der Waals surface area contributed by atoms with Crippen LogP contribution in [-0.2, 0) is 0 Å². The van der Waals surface area contributed by atoms with Crippen molar-refractivity contribution in [3.05, 3.63) is 83.5 Å². The van der Waals surface area contributed by atoms with Gasteiger partial charge in [0.1, 0.15) is 5.69 Å². The Morgan fingerprint density at radius 2 is 1.85 bits per heavy atom. The average Bonchev–Trinajstić information content (AvgIpc) is 3.19. The Morgan fingerprint density at radius 3 is 2.67 bits per heavy atom. The summed E-state index contributed by atoms with van der Waals surface area (Å²) >= 11 is 5.96. The van der Waals surface area contributed by atoms with Crippen molar-refractivity contribution < 1.29 is 9.32 Å². The summed E-state index contributed by atoms with van der Waals surface area (Å²) in [5.41, 5.74) is 2.23. The third-order valence-corrected chi connectivity index (χ3v) is 4.05. The molecule has 0 fully saturated rings. The second-order valence-corrected chi connectivity index (χ2v) is 6.08. The third kappa shape index (κ3) is 3.70. The molecule has 0 aliphatic heterocycles. The van der Waals surface area contributed by atoms with Gasteiger partial charge < -0.3 is 9.84 Å². The molecule has 4 rings (SSSR count). The Bertz CT molecular complexity index is 1100. The molecule has 4 aromatic rings. The lowest BCUT2D eigenvalue weighted by Crippen LogP contribution is -2.12. The summed E-state index contributed by atoms with van der Waals surface area (Å²) in [6, 6.07) is 19.4. The lowest BCUT2D eigenvalue weighted by atomic mass is 10.1. The van der Waals surface area contributed by atoms with Crippen molar-refractivity contribution in [2.75, 3.05) is 5.32 Å². The molecule has 6 nitrogen and oxygen atoms in total. The van der Waals surface area contributed by atoms with Gasteiger partial charge in [0.05, 0.1) is 11.3 Å². The summed E-state index contributed by atoms with van der Waals surface area (Å²) in [7, 11) is 0. The molecule has 7 heteroatoms. The van der Waals surface area contributed by atoms with Crippen molar-refractivity contribution in [1.82, 2.24) is 15.1 Å². The fourth-order valence-corrected chi connectivity index (χ4v) is 2.73. The van der Waals surface area contributed by atoms with Crippen molar-refractivity contribution in [3.8, 4) is 23.0 Å². The molecule has 2 aromatic heterocycles. The highest BCUT2D eigenvalue weighted by atomic mass is 35.5. The van der Waals surface area contributed by atoms with E-state index in [-0.39, 0.29) is 11.8 Å². The number of anilines is 1. The molecule has 0 atom stereocenters. The van der Waals surface area contributed by atoms with E-state index in [9.17, 15) is 4.79 Å². The van der Waals surface area contributed by atoms with Gasteiger partial charge in [-0.15, -0.1) is 0 Å². The van der Waals surface area contributed by atoms with Crippen LogP contribution in [0, 0.1) is 0 Å². The SMILES string of the molecule is O=C(Nc1ccccc1-c1nc(-c2ccccn2)no1)c1cccc(Cl)c1. The van der Waals surface area contributed by atoms with Crippen LogP contribution < -0.4 is 5.32 Å². The molecular formula is C20H13ClN4O2. The Balaban J connectivity index is 1.64. The largest absolute Gasteiger partial charge is 0.333 e. The Labute approximate surface area is 159 Å². The maximum absolute atomic E-state index is 12.5. The molecule has 27 heavy (non-hydrogen) atoms. The second kappa shape index (κ2) is 7.39. The number of rotatable bonds is 4. The predicted molar refractivity (Wildman–Crippen MR) is 102 cm³/mol. The van der Waals surface area contributed by atoms with Crippen LogP contribution in [0.15, 0.2) is 77.4 Å². The Morgan fingerprint density at radius 1 is 1.00 bits per heavy atom. The topological polar surface area (TPSA) is 80.9 Å². The molecule has 0 spiro atoms. The van der Waals surface area contributed by atoms with Crippen LogP contribution >= 0.6 is 11.6 Å². The molecule has 0 saturated carbocycles. The number of para-hydroxylation sites is 1. The van der Waals surface area contributed by atoms with Crippen molar-refractivity contribution >= 4 is 23.2 Å². The van der Waals surface area contributed by atoms with Crippen molar-refractivity contribution in [1.29, 1.82) is 0 Å². The van der Waals surface area contributed by atoms with E-state index in [0.29, 0.717) is 33.4 Å². The zero-order valence-corrected chi connectivity index (χ0v) is 14.7. The molecule has 1 amide bonds. The van der Waals surface area contributed by atoms with Crippen LogP contribution in [0.4, 0.5) is 5.69 Å². The molecule has 0 radical (unpaired) electrons. The summed E-state index contributed by atoms with van der Waals surface area (Å²) in [6.07, 6.45) is 1.66. The first-order valence-corrected chi connectivity index (χ1v) is 8.50. The summed E-state index contributed by atoms with van der Waals surface area (Å²) in [4.78, 5) is 21.1. The van der Waals surface area contributed by atoms with E-state index in [4.69, 9.17) is 16.1 Å². The quantitative estimate of drug-likeness (QED) is 0.558. The lowest BCUT2D eigenvalue weighted by Gasteiger charge is -2.08. The number of amides is 1. The van der Waals surface area contributed by atoms with Gasteiger partial charge >= 0.3 is 0 Å². The lowest BCUT2D eigenvalue weighted by molar-refractivity contribution is 0.102. The number of hydrogen-bond acceptors (Lipinski definition) is 5. The number of nitrogens with zero attached hydrogens (tertiary/aromatic N) is 3. The van der Waals surface area contributed by atoms with Gasteiger partial charge in [-0.2, -0.15) is 4.98 Å². The molecule has 132 valence electrons. The fraction of sp³-hybridized carbons (Fsp3) is 0. The maximum atomic E-state index is 12.5. The zero-order chi connectivity index (χ0) is 18.6. The van der Waals surface area contributed by atoms with Crippen LogP contribution in [0.2, 0.25) is 5.02 Å². The van der Waals surface area contributed by atoms with Crippen LogP contribution in [0.25, 0.3) is 23.0 Å². The predicted octanol–water partition coefficient (Wildman–Crippen LogP) is 4.70. The normalized spacial score (nSPS) is 10.6. The minimum Gasteiger partial charge on any atom is -0.333 e. The zero-order valence-electron chi connectivity index (χ0n) is 14.0. The van der Waals surface area contributed by atoms with Gasteiger partial charge in [0, 0.05) is 16.8 Å². The number of aromatic nitrogens is 3. The summed E-state index contributed by atoms with van der Waals surface area (Å²) < 4.78 is 5.38. The van der Waals surface area contributed by atoms with Gasteiger partial charge in [-0.05, 0) is 42.5 Å². The Hall–Kier alpha value is -3.51. The second-order valence-electron chi connectivity index (χ2n) is 5.65. The van der Waals surface area contributed by atoms with Gasteiger partial charge in [0.15, 0.2) is 0 Å². The summed E-state index contributed by atoms with van der Waals surface area (Å²) in [5, 5.41) is 7.33. The minimum atomic E-state index is -0.283. The van der Waals surface area contributed by atoms with E-state index in [1.165, 1.54) is 0 Å². The van der Waals surface area contributed by atoms with E-state index in [2.05, 4.69) is 20.4 Å². The maximum Gasteiger partial charge on any atom is 0.260 e. The van der Waals surface area contributed by atoms with E-state index >= 15 is 0 Å². The van der Waals surface area contributed by atoms with Gasteiger partial charge in [-0.25, -0.2) is 0 Å². The van der Waals surface area contributed by atoms with E-state index in [1.807, 2.05) is 24.3 Å². The average molecular weight is 377 g/mol. The molecule has 0 aliphatic rings. The highest BCUT2D eigenvalue weighted by Crippen LogP contribution is 2.28. The first-order chi connectivity index (χ1) is 13.2. The molecular weight excluding hydrogens is 364 g/mol. The molecule has 0 bridgehead atoms. The van der Waals surface area contributed by atoms with Crippen LogP contribution in [-0.4, -0.2) is 21.0 Å². The molecule has 0 unspecified atom stereocenters. The molecule has 2 aromatic carbocycles. The van der Waals surface area contributed by atoms with Crippen LogP contribution in [0.1, 0.15) is 10.4 Å². The van der Waals surface area contributed by atoms with Gasteiger partial charge in [-0.3, -0.25) is 9.78 Å². The monoisotopic (exact) mass is 376 g/mol. The van der Waals surface area contributed by atoms with Gasteiger partial charge in [0.25, 0.3) is 11.8 Å². The van der Waals surface area contributed by atoms with Crippen molar-refractivity contribution in [2.24, 2.45) is 0 Å². The molecule has 2 heterocycles. The molecule has 1 N–H and O–H groups in total. The van der Waals surface area contributed by atoms with Crippen molar-refractivity contribution in [2.45, 2.75) is 0 Å². The van der Waals surface area contributed by atoms with Crippen LogP contribution in [0.3, 0.4) is 0 Å². The number of halogens is 1. The Kier molecular flexibility index (Phi) is 4.63. The number of hydrogen-bond donors (Lipinski definition) is 1. The smallest absolute Gasteiger partial charge is 0.260 e. The first-order valence-electron chi connectivity index (χ1n) is 8.12. The van der Waals surface area contributed by atoms with Gasteiger partial charge in [0.2, 0.25) is 5.82 Å². The highest BCUT2D eigenvalue weighted by molar-refractivity contribution is 6.31. The van der Waals surface area contributed by atoms with Crippen molar-refractivity contribution in [3.63, 3.8) is 0 Å². The standard InChI is InChI=1S/C20H13ClN4O2/c21-14-7-5-6-13(12-14)19(26)23-16-9-2-1-8-15(16)20-24-18(25-27-20)17-10-3-4-11-22-17/h1-12H,(H,23,26). The number of pyridine rings is 1. The van der Waals surface area contributed by atoms with Crippen LogP contribution in [0.5, 0.6) is 0 Å². The van der Waals surface area contributed by atoms with Gasteiger partial charge in [-0.1, -0.05) is 41.0 Å². The number of benzene rings is 2. The number of carbonyl (C=O) groups excluding carboxylic acids is 1.